The lowest BCUT2D eigenvalue weighted by Crippen LogP contribution is -2.50. The van der Waals surface area contributed by atoms with E-state index in [2.05, 4.69) is 0 Å². The summed E-state index contributed by atoms with van der Waals surface area (Å²) in [5.74, 6) is 0.221. The maximum Gasteiger partial charge on any atom is 0.257 e. The first kappa shape index (κ1) is 19.2. The number of nitrogens with zero attached hydrogens (tertiary/aromatic N) is 2. The molecule has 1 heterocycles. The number of benzene rings is 2. The number of hydrogen-bond donors (Lipinski definition) is 1. The topological polar surface area (TPSA) is 87.2 Å². The molecular weight excluding hydrogens is 368 g/mol. The van der Waals surface area contributed by atoms with E-state index in [9.17, 15) is 18.3 Å². The first-order chi connectivity index (χ1) is 12.8. The van der Waals surface area contributed by atoms with Gasteiger partial charge in [0.25, 0.3) is 5.91 Å². The number of aryl methyl sites for hydroxylation is 1. The second-order valence-electron chi connectivity index (χ2n) is 6.39. The molecule has 0 radical (unpaired) electrons. The van der Waals surface area contributed by atoms with Crippen molar-refractivity contribution in [3.63, 3.8) is 0 Å². The molecule has 144 valence electrons. The molecule has 1 amide bonds. The minimum Gasteiger partial charge on any atom is -0.507 e. The minimum absolute atomic E-state index is 0.0705. The van der Waals surface area contributed by atoms with Crippen molar-refractivity contribution in [1.29, 1.82) is 0 Å². The maximum absolute atomic E-state index is 12.8. The molecule has 0 saturated carbocycles. The number of methoxy groups -OCH3 is 1. The largest absolute Gasteiger partial charge is 0.507 e. The third-order valence-corrected chi connectivity index (χ3v) is 6.52. The number of rotatable bonds is 4. The number of phenols is 1. The van der Waals surface area contributed by atoms with Crippen LogP contribution in [-0.4, -0.2) is 61.9 Å². The highest BCUT2D eigenvalue weighted by molar-refractivity contribution is 7.89. The smallest absolute Gasteiger partial charge is 0.257 e. The summed E-state index contributed by atoms with van der Waals surface area (Å²) in [6, 6.07) is 11.1. The Morgan fingerprint density at radius 1 is 1.04 bits per heavy atom. The highest BCUT2D eigenvalue weighted by Crippen LogP contribution is 2.23. The molecular formula is C19H22N2O5S. The Morgan fingerprint density at radius 2 is 1.67 bits per heavy atom. The summed E-state index contributed by atoms with van der Waals surface area (Å²) in [6.45, 7) is 2.78. The minimum atomic E-state index is -3.63. The van der Waals surface area contributed by atoms with Crippen molar-refractivity contribution in [3.05, 3.63) is 53.6 Å². The lowest BCUT2D eigenvalue weighted by atomic mass is 10.1. The van der Waals surface area contributed by atoms with Gasteiger partial charge in [0.05, 0.1) is 17.6 Å². The molecule has 1 N–H and O–H groups in total. The van der Waals surface area contributed by atoms with Crippen LogP contribution < -0.4 is 4.74 Å². The van der Waals surface area contributed by atoms with Crippen LogP contribution in [0.25, 0.3) is 0 Å². The third kappa shape index (κ3) is 3.91. The second-order valence-corrected chi connectivity index (χ2v) is 8.33. The van der Waals surface area contributed by atoms with Crippen LogP contribution in [0.5, 0.6) is 11.5 Å². The van der Waals surface area contributed by atoms with Crippen molar-refractivity contribution in [2.75, 3.05) is 33.3 Å². The number of ether oxygens (including phenoxy) is 1. The van der Waals surface area contributed by atoms with Gasteiger partial charge >= 0.3 is 0 Å². The summed E-state index contributed by atoms with van der Waals surface area (Å²) in [7, 11) is -2.11. The van der Waals surface area contributed by atoms with Crippen molar-refractivity contribution < 1.29 is 23.1 Å². The van der Waals surface area contributed by atoms with Crippen LogP contribution in [0.3, 0.4) is 0 Å². The van der Waals surface area contributed by atoms with Crippen LogP contribution >= 0.6 is 0 Å². The van der Waals surface area contributed by atoms with E-state index in [4.69, 9.17) is 4.74 Å². The van der Waals surface area contributed by atoms with Gasteiger partial charge in [-0.15, -0.1) is 0 Å². The fourth-order valence-electron chi connectivity index (χ4n) is 3.02. The third-order valence-electron chi connectivity index (χ3n) is 4.61. The van der Waals surface area contributed by atoms with Crippen molar-refractivity contribution in [2.24, 2.45) is 0 Å². The highest BCUT2D eigenvalue weighted by Gasteiger charge is 2.31. The van der Waals surface area contributed by atoms with Crippen molar-refractivity contribution in [2.45, 2.75) is 11.8 Å². The van der Waals surface area contributed by atoms with E-state index in [1.54, 1.807) is 29.2 Å². The Morgan fingerprint density at radius 3 is 2.26 bits per heavy atom. The second kappa shape index (κ2) is 7.58. The van der Waals surface area contributed by atoms with E-state index < -0.39 is 10.0 Å². The predicted octanol–water partition coefficient (Wildman–Crippen LogP) is 1.86. The summed E-state index contributed by atoms with van der Waals surface area (Å²) in [5, 5.41) is 9.94. The molecule has 0 atom stereocenters. The molecule has 0 spiro atoms. The van der Waals surface area contributed by atoms with Gasteiger partial charge in [0.2, 0.25) is 10.0 Å². The van der Waals surface area contributed by atoms with E-state index in [0.29, 0.717) is 5.75 Å². The number of sulfonamides is 1. The average Bonchev–Trinajstić information content (AvgIpc) is 2.69. The van der Waals surface area contributed by atoms with E-state index >= 15 is 0 Å². The molecule has 27 heavy (non-hydrogen) atoms. The van der Waals surface area contributed by atoms with Crippen molar-refractivity contribution in [1.82, 2.24) is 9.21 Å². The maximum atomic E-state index is 12.8. The van der Waals surface area contributed by atoms with Gasteiger partial charge in [-0.1, -0.05) is 11.6 Å². The number of phenolic OH excluding ortho intramolecular Hbond substituents is 1. The van der Waals surface area contributed by atoms with Crippen LogP contribution in [0.1, 0.15) is 15.9 Å². The van der Waals surface area contributed by atoms with Gasteiger partial charge in [0, 0.05) is 26.2 Å². The van der Waals surface area contributed by atoms with Gasteiger partial charge in [-0.2, -0.15) is 4.31 Å². The molecule has 7 nitrogen and oxygen atoms in total. The molecule has 8 heteroatoms. The molecule has 1 saturated heterocycles. The van der Waals surface area contributed by atoms with Gasteiger partial charge in [-0.3, -0.25) is 4.79 Å². The van der Waals surface area contributed by atoms with Gasteiger partial charge in [0.15, 0.2) is 0 Å². The van der Waals surface area contributed by atoms with Crippen LogP contribution in [0.15, 0.2) is 47.4 Å². The van der Waals surface area contributed by atoms with Crippen LogP contribution in [0.4, 0.5) is 0 Å². The molecule has 1 aliphatic heterocycles. The fraction of sp³-hybridized carbons (Fsp3) is 0.316. The van der Waals surface area contributed by atoms with Gasteiger partial charge in [-0.05, 0) is 43.3 Å². The molecule has 0 aliphatic carbocycles. The SMILES string of the molecule is COc1ccc(S(=O)(=O)N2CCN(C(=O)c3cc(C)ccc3O)CC2)cc1. The number of hydrogen-bond acceptors (Lipinski definition) is 5. The van der Waals surface area contributed by atoms with Gasteiger partial charge in [-0.25, -0.2) is 8.42 Å². The summed E-state index contributed by atoms with van der Waals surface area (Å²) >= 11 is 0. The molecule has 0 unspecified atom stereocenters. The summed E-state index contributed by atoms with van der Waals surface area (Å²) < 4.78 is 32.0. The van der Waals surface area contributed by atoms with E-state index in [1.165, 1.54) is 29.6 Å². The fourth-order valence-corrected chi connectivity index (χ4v) is 4.44. The zero-order valence-corrected chi connectivity index (χ0v) is 16.1. The highest BCUT2D eigenvalue weighted by atomic mass is 32.2. The van der Waals surface area contributed by atoms with E-state index in [1.807, 2.05) is 6.92 Å². The molecule has 1 aliphatic rings. The Balaban J connectivity index is 1.70. The zero-order valence-electron chi connectivity index (χ0n) is 15.3. The molecule has 0 bridgehead atoms. The Labute approximate surface area is 158 Å². The molecule has 1 fully saturated rings. The number of aromatic hydroxyl groups is 1. The molecule has 2 aromatic rings. The number of carbonyl (C=O) groups excluding carboxylic acids is 1. The monoisotopic (exact) mass is 390 g/mol. The number of piperazine rings is 1. The van der Waals surface area contributed by atoms with Gasteiger partial charge < -0.3 is 14.7 Å². The first-order valence-corrected chi connectivity index (χ1v) is 10.00. The van der Waals surface area contributed by atoms with E-state index in [0.717, 1.165) is 5.56 Å². The number of carbonyl (C=O) groups is 1. The quantitative estimate of drug-likeness (QED) is 0.861. The molecule has 3 rings (SSSR count). The van der Waals surface area contributed by atoms with Crippen LogP contribution in [-0.2, 0) is 10.0 Å². The summed E-state index contributed by atoms with van der Waals surface area (Å²) in [6.07, 6.45) is 0. The molecule has 0 aromatic heterocycles. The van der Waals surface area contributed by atoms with Crippen LogP contribution in [0, 0.1) is 6.92 Å². The standard InChI is InChI=1S/C19H22N2O5S/c1-14-3-8-18(22)17(13-14)19(23)20-9-11-21(12-10-20)27(24,25)16-6-4-15(26-2)5-7-16/h3-8,13,22H,9-12H2,1-2H3. The Bertz CT molecular complexity index is 933. The molecule has 2 aromatic carbocycles. The summed E-state index contributed by atoms with van der Waals surface area (Å²) in [4.78, 5) is 14.4. The Kier molecular flexibility index (Phi) is 5.38. The Hall–Kier alpha value is -2.58. The van der Waals surface area contributed by atoms with E-state index in [-0.39, 0.29) is 48.3 Å². The first-order valence-electron chi connectivity index (χ1n) is 8.56. The normalized spacial score (nSPS) is 15.6. The van der Waals surface area contributed by atoms with Crippen LogP contribution in [0.2, 0.25) is 0 Å². The number of amides is 1. The average molecular weight is 390 g/mol. The predicted molar refractivity (Wildman–Crippen MR) is 101 cm³/mol. The lowest BCUT2D eigenvalue weighted by molar-refractivity contribution is 0.0694. The van der Waals surface area contributed by atoms with Crippen molar-refractivity contribution >= 4 is 15.9 Å². The zero-order chi connectivity index (χ0) is 19.6. The lowest BCUT2D eigenvalue weighted by Gasteiger charge is -2.34. The van der Waals surface area contributed by atoms with Gasteiger partial charge in [0.1, 0.15) is 11.5 Å². The summed E-state index contributed by atoms with van der Waals surface area (Å²) in [5.41, 5.74) is 1.11. The van der Waals surface area contributed by atoms with Crippen molar-refractivity contribution in [3.8, 4) is 11.5 Å².